The summed E-state index contributed by atoms with van der Waals surface area (Å²) >= 11 is 6.36. The van der Waals surface area contributed by atoms with E-state index in [-0.39, 0.29) is 17.4 Å². The molecule has 0 fully saturated rings. The Morgan fingerprint density at radius 3 is 2.61 bits per heavy atom. The van der Waals surface area contributed by atoms with Crippen molar-refractivity contribution in [3.8, 4) is 17.0 Å². The number of methoxy groups -OCH3 is 1. The molecule has 3 N–H and O–H groups in total. The fourth-order valence-electron chi connectivity index (χ4n) is 3.39. The first-order valence-corrected chi connectivity index (χ1v) is 11.5. The number of hydrogen-bond acceptors (Lipinski definition) is 8. The molecule has 36 heavy (non-hydrogen) atoms. The number of aryl methyl sites for hydroxylation is 1. The van der Waals surface area contributed by atoms with Gasteiger partial charge in [-0.1, -0.05) is 18.2 Å². The molecular formula is C25H30ClN7O3. The number of rotatable bonds is 10. The molecule has 2 aromatic heterocycles. The fraction of sp³-hybridized carbons (Fsp3) is 0.280. The number of amides is 1. The molecule has 0 saturated heterocycles. The summed E-state index contributed by atoms with van der Waals surface area (Å²) in [5, 5.41) is 6.34. The molecule has 0 aliphatic rings. The highest BCUT2D eigenvalue weighted by Crippen LogP contribution is 2.38. The first-order chi connectivity index (χ1) is 17.1. The average Bonchev–Trinajstić information content (AvgIpc) is 2.85. The quantitative estimate of drug-likeness (QED) is 0.353. The van der Waals surface area contributed by atoms with E-state index >= 15 is 0 Å². The summed E-state index contributed by atoms with van der Waals surface area (Å²) in [5.41, 5.74) is 3.32. The topological polar surface area (TPSA) is 115 Å². The molecule has 11 heteroatoms. The Kier molecular flexibility index (Phi) is 8.68. The summed E-state index contributed by atoms with van der Waals surface area (Å²) in [7, 11) is 7.49. The van der Waals surface area contributed by atoms with Crippen molar-refractivity contribution in [2.45, 2.75) is 6.92 Å². The molecule has 10 nitrogen and oxygen atoms in total. The zero-order valence-electron chi connectivity index (χ0n) is 21.0. The molecule has 3 aromatic rings. The smallest absolute Gasteiger partial charge is 0.250 e. The molecule has 3 rings (SSSR count). The number of H-pyrrole nitrogens is 1. The second-order valence-corrected chi connectivity index (χ2v) is 8.81. The second kappa shape index (κ2) is 11.7. The van der Waals surface area contributed by atoms with E-state index < -0.39 is 0 Å². The van der Waals surface area contributed by atoms with Gasteiger partial charge in [0.1, 0.15) is 5.75 Å². The maximum atomic E-state index is 12.2. The van der Waals surface area contributed by atoms with Crippen LogP contribution in [0, 0.1) is 6.92 Å². The van der Waals surface area contributed by atoms with E-state index in [9.17, 15) is 9.59 Å². The van der Waals surface area contributed by atoms with Crippen molar-refractivity contribution >= 4 is 40.5 Å². The lowest BCUT2D eigenvalue weighted by atomic mass is 10.1. The van der Waals surface area contributed by atoms with E-state index in [2.05, 4.69) is 37.1 Å². The van der Waals surface area contributed by atoms with Crippen molar-refractivity contribution in [2.24, 2.45) is 0 Å². The standard InChI is InChI=1S/C25H30ClN7O3/c1-7-22(34)29-18-11-19(21(36-6)12-20(18)33(5)9-8-32(3)4)30-25-28-14-17(26)23(31-25)16-10-15(2)24(35)27-13-16/h7,10-14H,1,8-9H2,2-6H3,(H,27,35)(H,29,34)(H,28,30,31). The van der Waals surface area contributed by atoms with Crippen molar-refractivity contribution < 1.29 is 9.53 Å². The Bertz CT molecular complexity index is 1320. The Balaban J connectivity index is 2.02. The molecule has 0 unspecified atom stereocenters. The van der Waals surface area contributed by atoms with Crippen LogP contribution in [-0.4, -0.2) is 67.1 Å². The monoisotopic (exact) mass is 511 g/mol. The number of nitrogens with zero attached hydrogens (tertiary/aromatic N) is 4. The van der Waals surface area contributed by atoms with Crippen LogP contribution >= 0.6 is 11.6 Å². The summed E-state index contributed by atoms with van der Waals surface area (Å²) in [6.45, 7) is 6.79. The van der Waals surface area contributed by atoms with E-state index in [0.717, 1.165) is 18.8 Å². The predicted octanol–water partition coefficient (Wildman–Crippen LogP) is 3.67. The highest BCUT2D eigenvalue weighted by molar-refractivity contribution is 6.32. The molecule has 0 aliphatic heterocycles. The van der Waals surface area contributed by atoms with Gasteiger partial charge in [0, 0.05) is 43.5 Å². The van der Waals surface area contributed by atoms with Gasteiger partial charge in [0.25, 0.3) is 5.56 Å². The van der Waals surface area contributed by atoms with Gasteiger partial charge >= 0.3 is 0 Å². The molecular weight excluding hydrogens is 482 g/mol. The largest absolute Gasteiger partial charge is 0.494 e. The number of likely N-dealkylation sites (N-methyl/N-ethyl adjacent to an activating group) is 2. The Hall–Kier alpha value is -3.89. The number of benzene rings is 1. The van der Waals surface area contributed by atoms with E-state index in [1.165, 1.54) is 12.3 Å². The maximum absolute atomic E-state index is 12.2. The summed E-state index contributed by atoms with van der Waals surface area (Å²) in [6.07, 6.45) is 4.24. The molecule has 190 valence electrons. The van der Waals surface area contributed by atoms with Crippen molar-refractivity contribution in [2.75, 3.05) is 56.9 Å². The van der Waals surface area contributed by atoms with Crippen molar-refractivity contribution in [1.29, 1.82) is 0 Å². The van der Waals surface area contributed by atoms with Crippen molar-refractivity contribution in [3.05, 3.63) is 64.2 Å². The van der Waals surface area contributed by atoms with Gasteiger partial charge in [-0.15, -0.1) is 0 Å². The minimum absolute atomic E-state index is 0.184. The Morgan fingerprint density at radius 1 is 1.22 bits per heavy atom. The number of aromatic amines is 1. The van der Waals surface area contributed by atoms with Gasteiger partial charge < -0.3 is 30.2 Å². The van der Waals surface area contributed by atoms with Crippen LogP contribution in [0.3, 0.4) is 0 Å². The number of nitrogens with one attached hydrogen (secondary N) is 3. The summed E-state index contributed by atoms with van der Waals surface area (Å²) in [6, 6.07) is 5.29. The third-order valence-corrected chi connectivity index (χ3v) is 5.68. The van der Waals surface area contributed by atoms with E-state index in [4.69, 9.17) is 16.3 Å². The lowest BCUT2D eigenvalue weighted by Crippen LogP contribution is -2.29. The van der Waals surface area contributed by atoms with Gasteiger partial charge in [0.05, 0.1) is 41.1 Å². The number of aromatic nitrogens is 3. The van der Waals surface area contributed by atoms with Gasteiger partial charge in [0.15, 0.2) is 0 Å². The van der Waals surface area contributed by atoms with Crippen LogP contribution in [0.1, 0.15) is 5.56 Å². The van der Waals surface area contributed by atoms with E-state index in [0.29, 0.717) is 39.0 Å². The molecule has 2 heterocycles. The normalized spacial score (nSPS) is 10.8. The first-order valence-electron chi connectivity index (χ1n) is 11.1. The Labute approximate surface area is 215 Å². The van der Waals surface area contributed by atoms with Gasteiger partial charge in [-0.05, 0) is 39.2 Å². The van der Waals surface area contributed by atoms with Gasteiger partial charge in [-0.3, -0.25) is 9.59 Å². The highest BCUT2D eigenvalue weighted by Gasteiger charge is 2.17. The zero-order chi connectivity index (χ0) is 26.4. The van der Waals surface area contributed by atoms with Crippen LogP contribution in [0.5, 0.6) is 5.75 Å². The van der Waals surface area contributed by atoms with Crippen LogP contribution in [-0.2, 0) is 4.79 Å². The number of carbonyl (C=O) groups excluding carboxylic acids is 1. The molecule has 0 saturated carbocycles. The highest BCUT2D eigenvalue weighted by atomic mass is 35.5. The van der Waals surface area contributed by atoms with E-state index in [1.54, 1.807) is 32.4 Å². The molecule has 0 atom stereocenters. The molecule has 1 amide bonds. The molecule has 0 aliphatic carbocycles. The number of pyridine rings is 1. The second-order valence-electron chi connectivity index (χ2n) is 8.40. The number of anilines is 4. The van der Waals surface area contributed by atoms with Crippen LogP contribution in [0.15, 0.2) is 48.0 Å². The summed E-state index contributed by atoms with van der Waals surface area (Å²) in [4.78, 5) is 39.5. The molecule has 0 bridgehead atoms. The lowest BCUT2D eigenvalue weighted by Gasteiger charge is -2.26. The average molecular weight is 512 g/mol. The van der Waals surface area contributed by atoms with Gasteiger partial charge in [0.2, 0.25) is 11.9 Å². The predicted molar refractivity (Wildman–Crippen MR) is 145 cm³/mol. The van der Waals surface area contributed by atoms with Crippen LogP contribution < -0.4 is 25.8 Å². The fourth-order valence-corrected chi connectivity index (χ4v) is 3.59. The number of carbonyl (C=O) groups is 1. The SMILES string of the molecule is C=CC(=O)Nc1cc(Nc2ncc(Cl)c(-c3c[nH]c(=O)c(C)c3)n2)c(OC)cc1N(C)CCN(C)C. The number of ether oxygens (including phenoxy) is 1. The molecule has 1 aromatic carbocycles. The van der Waals surface area contributed by atoms with Crippen molar-refractivity contribution in [3.63, 3.8) is 0 Å². The van der Waals surface area contributed by atoms with Crippen molar-refractivity contribution in [1.82, 2.24) is 19.9 Å². The van der Waals surface area contributed by atoms with Gasteiger partial charge in [-0.2, -0.15) is 0 Å². The number of halogens is 1. The Morgan fingerprint density at radius 2 is 1.97 bits per heavy atom. The minimum atomic E-state index is -0.341. The minimum Gasteiger partial charge on any atom is -0.494 e. The van der Waals surface area contributed by atoms with Gasteiger partial charge in [-0.25, -0.2) is 9.97 Å². The zero-order valence-corrected chi connectivity index (χ0v) is 21.7. The third kappa shape index (κ3) is 6.41. The van der Waals surface area contributed by atoms with Crippen LogP contribution in [0.25, 0.3) is 11.3 Å². The third-order valence-electron chi connectivity index (χ3n) is 5.41. The van der Waals surface area contributed by atoms with E-state index in [1.807, 2.05) is 32.1 Å². The maximum Gasteiger partial charge on any atom is 0.250 e. The van der Waals surface area contributed by atoms with Crippen LogP contribution in [0.4, 0.5) is 23.0 Å². The first kappa shape index (κ1) is 26.7. The molecule has 0 spiro atoms. The molecule has 0 radical (unpaired) electrons. The summed E-state index contributed by atoms with van der Waals surface area (Å²) < 4.78 is 5.63. The number of hydrogen-bond donors (Lipinski definition) is 3. The van der Waals surface area contributed by atoms with Crippen LogP contribution in [0.2, 0.25) is 5.02 Å². The lowest BCUT2D eigenvalue weighted by molar-refractivity contribution is -0.111. The summed E-state index contributed by atoms with van der Waals surface area (Å²) in [5.74, 6) is 0.441.